The van der Waals surface area contributed by atoms with E-state index in [0.29, 0.717) is 5.02 Å². The summed E-state index contributed by atoms with van der Waals surface area (Å²) in [6.07, 6.45) is 2.12. The van der Waals surface area contributed by atoms with Gasteiger partial charge in [-0.05, 0) is 42.2 Å². The van der Waals surface area contributed by atoms with Gasteiger partial charge in [0.05, 0.1) is 16.8 Å². The van der Waals surface area contributed by atoms with Crippen LogP contribution in [0, 0.1) is 5.82 Å². The molecule has 2 aromatic rings. The monoisotopic (exact) mass is 261 g/mol. The van der Waals surface area contributed by atoms with Crippen molar-refractivity contribution in [1.29, 1.82) is 0 Å². The lowest BCUT2D eigenvalue weighted by Gasteiger charge is -2.16. The van der Waals surface area contributed by atoms with E-state index in [4.69, 9.17) is 11.6 Å². The predicted octanol–water partition coefficient (Wildman–Crippen LogP) is 4.58. The van der Waals surface area contributed by atoms with Gasteiger partial charge >= 0.3 is 0 Å². The Morgan fingerprint density at radius 2 is 2.00 bits per heavy atom. The van der Waals surface area contributed by atoms with E-state index in [0.717, 1.165) is 18.5 Å². The first-order chi connectivity index (χ1) is 8.74. The molecule has 0 saturated carbocycles. The van der Waals surface area contributed by atoms with Crippen molar-refractivity contribution >= 4 is 17.3 Å². The van der Waals surface area contributed by atoms with Crippen molar-refractivity contribution < 1.29 is 4.39 Å². The molecule has 0 spiro atoms. The van der Waals surface area contributed by atoms with Crippen molar-refractivity contribution in [1.82, 2.24) is 0 Å². The van der Waals surface area contributed by atoms with Gasteiger partial charge in [0.25, 0.3) is 0 Å². The first-order valence-electron chi connectivity index (χ1n) is 6.03. The van der Waals surface area contributed by atoms with Gasteiger partial charge < -0.3 is 5.32 Å². The smallest absolute Gasteiger partial charge is 0.124 e. The minimum Gasteiger partial charge on any atom is -0.377 e. The zero-order valence-corrected chi connectivity index (χ0v) is 10.5. The lowest BCUT2D eigenvalue weighted by atomic mass is 10.1. The Morgan fingerprint density at radius 1 is 1.17 bits per heavy atom. The van der Waals surface area contributed by atoms with E-state index in [9.17, 15) is 4.39 Å². The molecule has 92 valence electrons. The van der Waals surface area contributed by atoms with Crippen LogP contribution in [0.1, 0.15) is 23.6 Å². The van der Waals surface area contributed by atoms with E-state index in [1.54, 1.807) is 6.07 Å². The maximum atomic E-state index is 13.0. The minimum absolute atomic E-state index is 0.268. The summed E-state index contributed by atoms with van der Waals surface area (Å²) >= 11 is 6.03. The van der Waals surface area contributed by atoms with Crippen molar-refractivity contribution in [2.24, 2.45) is 0 Å². The van der Waals surface area contributed by atoms with Crippen molar-refractivity contribution in [2.75, 3.05) is 5.32 Å². The van der Waals surface area contributed by atoms with Crippen molar-refractivity contribution in [3.63, 3.8) is 0 Å². The third kappa shape index (κ3) is 2.08. The molecule has 1 atom stereocenters. The highest BCUT2D eigenvalue weighted by molar-refractivity contribution is 6.33. The molecule has 0 aliphatic heterocycles. The molecule has 1 aliphatic carbocycles. The molecule has 1 unspecified atom stereocenters. The SMILES string of the molecule is Fc1ccc(NC2CCc3ccccc32)c(Cl)c1. The number of anilines is 1. The predicted molar refractivity (Wildman–Crippen MR) is 72.5 cm³/mol. The lowest BCUT2D eigenvalue weighted by Crippen LogP contribution is -2.07. The highest BCUT2D eigenvalue weighted by Crippen LogP contribution is 2.35. The lowest BCUT2D eigenvalue weighted by molar-refractivity contribution is 0.628. The molecule has 0 saturated heterocycles. The van der Waals surface area contributed by atoms with E-state index in [-0.39, 0.29) is 11.9 Å². The van der Waals surface area contributed by atoms with Crippen LogP contribution in [0.4, 0.5) is 10.1 Å². The van der Waals surface area contributed by atoms with Gasteiger partial charge in [0, 0.05) is 0 Å². The van der Waals surface area contributed by atoms with Gasteiger partial charge in [0.15, 0.2) is 0 Å². The van der Waals surface area contributed by atoms with E-state index in [2.05, 4.69) is 23.5 Å². The molecule has 18 heavy (non-hydrogen) atoms. The molecule has 3 rings (SSSR count). The van der Waals surface area contributed by atoms with Crippen LogP contribution in [0.3, 0.4) is 0 Å². The van der Waals surface area contributed by atoms with Crippen LogP contribution in [0.25, 0.3) is 0 Å². The largest absolute Gasteiger partial charge is 0.377 e. The Hall–Kier alpha value is -1.54. The summed E-state index contributed by atoms with van der Waals surface area (Å²) in [5.41, 5.74) is 3.49. The van der Waals surface area contributed by atoms with E-state index < -0.39 is 0 Å². The standard InChI is InChI=1S/C15H13ClFN/c16-13-9-11(17)6-8-15(13)18-14-7-5-10-3-1-2-4-12(10)14/h1-4,6,8-9,14,18H,5,7H2. The van der Waals surface area contributed by atoms with Gasteiger partial charge in [0.2, 0.25) is 0 Å². The van der Waals surface area contributed by atoms with Crippen molar-refractivity contribution in [3.05, 3.63) is 64.4 Å². The molecule has 0 bridgehead atoms. The second-order valence-electron chi connectivity index (χ2n) is 4.56. The minimum atomic E-state index is -0.308. The average Bonchev–Trinajstić information content (AvgIpc) is 2.76. The quantitative estimate of drug-likeness (QED) is 0.834. The second-order valence-corrected chi connectivity index (χ2v) is 4.97. The number of hydrogen-bond acceptors (Lipinski definition) is 1. The first kappa shape index (κ1) is 11.5. The number of halogens is 2. The zero-order valence-electron chi connectivity index (χ0n) is 9.79. The van der Waals surface area contributed by atoms with Crippen molar-refractivity contribution in [3.8, 4) is 0 Å². The van der Waals surface area contributed by atoms with Crippen LogP contribution >= 0.6 is 11.6 Å². The molecular weight excluding hydrogens is 249 g/mol. The second kappa shape index (κ2) is 4.62. The zero-order chi connectivity index (χ0) is 12.5. The van der Waals surface area contributed by atoms with Gasteiger partial charge in [-0.15, -0.1) is 0 Å². The van der Waals surface area contributed by atoms with Crippen LogP contribution in [0.5, 0.6) is 0 Å². The van der Waals surface area contributed by atoms with Crippen LogP contribution in [-0.4, -0.2) is 0 Å². The summed E-state index contributed by atoms with van der Waals surface area (Å²) in [6, 6.07) is 13.1. The fraction of sp³-hybridized carbons (Fsp3) is 0.200. The van der Waals surface area contributed by atoms with Crippen LogP contribution in [0.15, 0.2) is 42.5 Å². The Bertz CT molecular complexity index is 582. The molecule has 2 aromatic carbocycles. The average molecular weight is 262 g/mol. The van der Waals surface area contributed by atoms with Crippen LogP contribution < -0.4 is 5.32 Å². The molecule has 1 aliphatic rings. The summed E-state index contributed by atoms with van der Waals surface area (Å²) in [5, 5.41) is 3.82. The Morgan fingerprint density at radius 3 is 2.83 bits per heavy atom. The summed E-state index contributed by atoms with van der Waals surface area (Å²) in [4.78, 5) is 0. The van der Waals surface area contributed by atoms with Gasteiger partial charge in [-0.2, -0.15) is 0 Å². The normalized spacial score (nSPS) is 17.6. The molecule has 0 fully saturated rings. The Balaban J connectivity index is 1.86. The number of rotatable bonds is 2. The van der Waals surface area contributed by atoms with Crippen LogP contribution in [-0.2, 0) is 6.42 Å². The summed E-state index contributed by atoms with van der Waals surface area (Å²) in [7, 11) is 0. The number of nitrogens with one attached hydrogen (secondary N) is 1. The number of benzene rings is 2. The fourth-order valence-electron chi connectivity index (χ4n) is 2.50. The van der Waals surface area contributed by atoms with Gasteiger partial charge in [-0.25, -0.2) is 4.39 Å². The molecule has 3 heteroatoms. The Kier molecular flexibility index (Phi) is 2.96. The third-order valence-corrected chi connectivity index (χ3v) is 3.71. The molecule has 1 nitrogen and oxygen atoms in total. The molecule has 0 amide bonds. The topological polar surface area (TPSA) is 12.0 Å². The van der Waals surface area contributed by atoms with E-state index >= 15 is 0 Å². The first-order valence-corrected chi connectivity index (χ1v) is 6.41. The van der Waals surface area contributed by atoms with Crippen LogP contribution in [0.2, 0.25) is 5.02 Å². The van der Waals surface area contributed by atoms with E-state index in [1.807, 2.05) is 6.07 Å². The highest BCUT2D eigenvalue weighted by atomic mass is 35.5. The van der Waals surface area contributed by atoms with Crippen molar-refractivity contribution in [2.45, 2.75) is 18.9 Å². The summed E-state index contributed by atoms with van der Waals surface area (Å²) < 4.78 is 13.0. The summed E-state index contributed by atoms with van der Waals surface area (Å²) in [5.74, 6) is -0.308. The maximum absolute atomic E-state index is 13.0. The molecular formula is C15H13ClFN. The number of aryl methyl sites for hydroxylation is 1. The van der Waals surface area contributed by atoms with Gasteiger partial charge in [-0.1, -0.05) is 35.9 Å². The highest BCUT2D eigenvalue weighted by Gasteiger charge is 2.22. The fourth-order valence-corrected chi connectivity index (χ4v) is 2.72. The third-order valence-electron chi connectivity index (χ3n) is 3.39. The van der Waals surface area contributed by atoms with Gasteiger partial charge in [-0.3, -0.25) is 0 Å². The molecule has 0 aromatic heterocycles. The summed E-state index contributed by atoms with van der Waals surface area (Å²) in [6.45, 7) is 0. The molecule has 0 radical (unpaired) electrons. The number of fused-ring (bicyclic) bond motifs is 1. The molecule has 1 N–H and O–H groups in total. The maximum Gasteiger partial charge on any atom is 0.124 e. The van der Waals surface area contributed by atoms with E-state index in [1.165, 1.54) is 23.3 Å². The number of hydrogen-bond donors (Lipinski definition) is 1. The Labute approximate surface area is 111 Å². The molecule has 0 heterocycles. The van der Waals surface area contributed by atoms with Gasteiger partial charge in [0.1, 0.15) is 5.82 Å².